The molecular weight excluding hydrogens is 340 g/mol. The number of benzene rings is 2. The molecule has 27 heavy (non-hydrogen) atoms. The summed E-state index contributed by atoms with van der Waals surface area (Å²) in [6.45, 7) is 0.466. The van der Waals surface area contributed by atoms with Gasteiger partial charge in [0.2, 0.25) is 5.91 Å². The highest BCUT2D eigenvalue weighted by molar-refractivity contribution is 6.01. The number of aromatic nitrogens is 1. The molecule has 5 heteroatoms. The molecule has 5 nitrogen and oxygen atoms in total. The van der Waals surface area contributed by atoms with Crippen molar-refractivity contribution in [3.05, 3.63) is 90.3 Å². The first-order valence-electron chi connectivity index (χ1n) is 8.48. The van der Waals surface area contributed by atoms with Crippen LogP contribution in [-0.2, 0) is 11.4 Å². The van der Waals surface area contributed by atoms with Crippen molar-refractivity contribution in [3.63, 3.8) is 0 Å². The molecule has 0 bridgehead atoms. The number of ether oxygens (including phenoxy) is 2. The number of anilines is 1. The minimum absolute atomic E-state index is 0.197. The van der Waals surface area contributed by atoms with Crippen LogP contribution in [0.2, 0.25) is 0 Å². The van der Waals surface area contributed by atoms with Gasteiger partial charge in [-0.2, -0.15) is 0 Å². The van der Waals surface area contributed by atoms with Crippen molar-refractivity contribution < 1.29 is 14.3 Å². The fourth-order valence-corrected chi connectivity index (χ4v) is 2.36. The van der Waals surface area contributed by atoms with Crippen molar-refractivity contribution >= 4 is 17.7 Å². The van der Waals surface area contributed by atoms with Gasteiger partial charge in [0.05, 0.1) is 7.11 Å². The molecule has 3 rings (SSSR count). The molecule has 136 valence electrons. The van der Waals surface area contributed by atoms with Crippen LogP contribution >= 0.6 is 0 Å². The van der Waals surface area contributed by atoms with Gasteiger partial charge in [0, 0.05) is 29.7 Å². The fourth-order valence-electron chi connectivity index (χ4n) is 2.36. The molecule has 1 amide bonds. The van der Waals surface area contributed by atoms with Crippen LogP contribution in [0, 0.1) is 0 Å². The van der Waals surface area contributed by atoms with Crippen LogP contribution < -0.4 is 14.8 Å². The number of pyridine rings is 1. The predicted octanol–water partition coefficient (Wildman–Crippen LogP) is 4.32. The highest BCUT2D eigenvalue weighted by atomic mass is 16.5. The minimum Gasteiger partial charge on any atom is -0.497 e. The SMILES string of the molecule is COc1ccc(NC(=O)/C=C/c2ccc(OCc3cccnc3)cc2)cc1. The average molecular weight is 360 g/mol. The third-order valence-corrected chi connectivity index (χ3v) is 3.79. The quantitative estimate of drug-likeness (QED) is 0.638. The van der Waals surface area contributed by atoms with Crippen molar-refractivity contribution in [2.45, 2.75) is 6.61 Å². The van der Waals surface area contributed by atoms with E-state index in [0.717, 1.165) is 22.6 Å². The highest BCUT2D eigenvalue weighted by Gasteiger charge is 1.99. The zero-order chi connectivity index (χ0) is 18.9. The first kappa shape index (κ1) is 18.2. The molecule has 0 aliphatic rings. The van der Waals surface area contributed by atoms with E-state index in [1.165, 1.54) is 6.08 Å². The Kier molecular flexibility index (Phi) is 6.20. The van der Waals surface area contributed by atoms with Gasteiger partial charge in [-0.3, -0.25) is 9.78 Å². The van der Waals surface area contributed by atoms with Gasteiger partial charge in [-0.1, -0.05) is 18.2 Å². The van der Waals surface area contributed by atoms with Crippen molar-refractivity contribution in [1.82, 2.24) is 4.98 Å². The molecule has 2 aromatic carbocycles. The van der Waals surface area contributed by atoms with E-state index in [9.17, 15) is 4.79 Å². The summed E-state index contributed by atoms with van der Waals surface area (Å²) < 4.78 is 10.8. The van der Waals surface area contributed by atoms with Crippen molar-refractivity contribution in [3.8, 4) is 11.5 Å². The number of hydrogen-bond acceptors (Lipinski definition) is 4. The summed E-state index contributed by atoms with van der Waals surface area (Å²) in [7, 11) is 1.60. The number of carbonyl (C=O) groups excluding carboxylic acids is 1. The predicted molar refractivity (Wildman–Crippen MR) is 106 cm³/mol. The summed E-state index contributed by atoms with van der Waals surface area (Å²) in [6.07, 6.45) is 6.76. The van der Waals surface area contributed by atoms with Crippen molar-refractivity contribution in [2.75, 3.05) is 12.4 Å². The Hall–Kier alpha value is -3.60. The number of methoxy groups -OCH3 is 1. The van der Waals surface area contributed by atoms with Crippen LogP contribution in [0.5, 0.6) is 11.5 Å². The summed E-state index contributed by atoms with van der Waals surface area (Å²) in [5.41, 5.74) is 2.63. The number of rotatable bonds is 7. The zero-order valence-electron chi connectivity index (χ0n) is 15.0. The van der Waals surface area contributed by atoms with Crippen molar-refractivity contribution in [2.24, 2.45) is 0 Å². The molecular formula is C22H20N2O3. The largest absolute Gasteiger partial charge is 0.497 e. The van der Waals surface area contributed by atoms with Gasteiger partial charge in [0.1, 0.15) is 18.1 Å². The van der Waals surface area contributed by atoms with Crippen molar-refractivity contribution in [1.29, 1.82) is 0 Å². The maximum atomic E-state index is 12.0. The standard InChI is InChI=1S/C22H20N2O3/c1-26-20-11-7-19(8-12-20)24-22(25)13-6-17-4-9-21(10-5-17)27-16-18-3-2-14-23-15-18/h2-15H,16H2,1H3,(H,24,25)/b13-6+. The monoisotopic (exact) mass is 360 g/mol. The Morgan fingerprint density at radius 2 is 1.78 bits per heavy atom. The van der Waals surface area contributed by atoms with E-state index in [1.54, 1.807) is 49.8 Å². The molecule has 1 heterocycles. The molecule has 3 aromatic rings. The molecule has 0 aliphatic heterocycles. The normalized spacial score (nSPS) is 10.6. The Balaban J connectivity index is 1.51. The van der Waals surface area contributed by atoms with Crippen LogP contribution in [0.3, 0.4) is 0 Å². The lowest BCUT2D eigenvalue weighted by atomic mass is 10.2. The second-order valence-electron chi connectivity index (χ2n) is 5.77. The summed E-state index contributed by atoms with van der Waals surface area (Å²) in [5, 5.41) is 2.80. The van der Waals surface area contributed by atoms with E-state index in [2.05, 4.69) is 10.3 Å². The minimum atomic E-state index is -0.197. The smallest absolute Gasteiger partial charge is 0.248 e. The summed E-state index contributed by atoms with van der Waals surface area (Å²) >= 11 is 0. The second-order valence-corrected chi connectivity index (χ2v) is 5.77. The fraction of sp³-hybridized carbons (Fsp3) is 0.0909. The van der Waals surface area contributed by atoms with E-state index >= 15 is 0 Å². The van der Waals surface area contributed by atoms with Gasteiger partial charge in [-0.15, -0.1) is 0 Å². The maximum absolute atomic E-state index is 12.0. The third kappa shape index (κ3) is 5.71. The van der Waals surface area contributed by atoms with Crippen LogP contribution in [-0.4, -0.2) is 18.0 Å². The number of carbonyl (C=O) groups is 1. The first-order valence-corrected chi connectivity index (χ1v) is 8.48. The van der Waals surface area contributed by atoms with Gasteiger partial charge >= 0.3 is 0 Å². The summed E-state index contributed by atoms with van der Waals surface area (Å²) in [6, 6.07) is 18.6. The van der Waals surface area contributed by atoms with Gasteiger partial charge in [0.15, 0.2) is 0 Å². The highest BCUT2D eigenvalue weighted by Crippen LogP contribution is 2.16. The van der Waals surface area contributed by atoms with Gasteiger partial charge < -0.3 is 14.8 Å². The van der Waals surface area contributed by atoms with E-state index in [-0.39, 0.29) is 5.91 Å². The average Bonchev–Trinajstić information content (AvgIpc) is 2.73. The molecule has 0 unspecified atom stereocenters. The number of nitrogens with zero attached hydrogens (tertiary/aromatic N) is 1. The van der Waals surface area contributed by atoms with E-state index < -0.39 is 0 Å². The Morgan fingerprint density at radius 1 is 1.04 bits per heavy atom. The molecule has 0 aliphatic carbocycles. The number of hydrogen-bond donors (Lipinski definition) is 1. The molecule has 1 aromatic heterocycles. The molecule has 0 spiro atoms. The Morgan fingerprint density at radius 3 is 2.44 bits per heavy atom. The van der Waals surface area contributed by atoms with Gasteiger partial charge in [0.25, 0.3) is 0 Å². The Labute approximate surface area is 158 Å². The molecule has 1 N–H and O–H groups in total. The van der Waals surface area contributed by atoms with Crippen LogP contribution in [0.15, 0.2) is 79.1 Å². The summed E-state index contributed by atoms with van der Waals surface area (Å²) in [4.78, 5) is 16.1. The summed E-state index contributed by atoms with van der Waals surface area (Å²) in [5.74, 6) is 1.31. The molecule has 0 fully saturated rings. The van der Waals surface area contributed by atoms with Crippen LogP contribution in [0.1, 0.15) is 11.1 Å². The van der Waals surface area contributed by atoms with Crippen LogP contribution in [0.25, 0.3) is 6.08 Å². The van der Waals surface area contributed by atoms with Gasteiger partial charge in [-0.25, -0.2) is 0 Å². The third-order valence-electron chi connectivity index (χ3n) is 3.79. The first-order chi connectivity index (χ1) is 13.2. The lowest BCUT2D eigenvalue weighted by Crippen LogP contribution is -2.07. The van der Waals surface area contributed by atoms with E-state index in [0.29, 0.717) is 12.3 Å². The van der Waals surface area contributed by atoms with E-state index in [4.69, 9.17) is 9.47 Å². The molecule has 0 saturated carbocycles. The lowest BCUT2D eigenvalue weighted by molar-refractivity contribution is -0.111. The number of nitrogens with one attached hydrogen (secondary N) is 1. The molecule has 0 saturated heterocycles. The van der Waals surface area contributed by atoms with Crippen LogP contribution in [0.4, 0.5) is 5.69 Å². The number of amides is 1. The van der Waals surface area contributed by atoms with E-state index in [1.807, 2.05) is 36.4 Å². The maximum Gasteiger partial charge on any atom is 0.248 e. The topological polar surface area (TPSA) is 60.5 Å². The Bertz CT molecular complexity index is 889. The zero-order valence-corrected chi connectivity index (χ0v) is 15.0. The molecule has 0 atom stereocenters. The van der Waals surface area contributed by atoms with Gasteiger partial charge in [-0.05, 0) is 54.1 Å². The lowest BCUT2D eigenvalue weighted by Gasteiger charge is -2.06. The molecule has 0 radical (unpaired) electrons. The second kappa shape index (κ2) is 9.20.